The number of carboxylic acids is 1. The molecule has 108 valence electrons. The number of amides is 1. The van der Waals surface area contributed by atoms with Crippen LogP contribution in [0.15, 0.2) is 18.3 Å². The van der Waals surface area contributed by atoms with E-state index in [1.165, 1.54) is 6.92 Å². The van der Waals surface area contributed by atoms with Crippen LogP contribution in [-0.2, 0) is 4.79 Å². The summed E-state index contributed by atoms with van der Waals surface area (Å²) in [5.41, 5.74) is 0.233. The molecule has 1 saturated heterocycles. The number of pyridine rings is 1. The van der Waals surface area contributed by atoms with Crippen molar-refractivity contribution in [2.24, 2.45) is 0 Å². The quantitative estimate of drug-likeness (QED) is 0.840. The zero-order chi connectivity index (χ0) is 14.9. The van der Waals surface area contributed by atoms with Gasteiger partial charge in [0.15, 0.2) is 5.54 Å². The molecule has 1 amide bonds. The average Bonchev–Trinajstić information content (AvgIpc) is 2.38. The van der Waals surface area contributed by atoms with Crippen molar-refractivity contribution in [2.75, 3.05) is 24.5 Å². The summed E-state index contributed by atoms with van der Waals surface area (Å²) >= 11 is 0. The van der Waals surface area contributed by atoms with Crippen molar-refractivity contribution in [1.29, 1.82) is 0 Å². The van der Waals surface area contributed by atoms with Crippen LogP contribution in [0.3, 0.4) is 0 Å². The predicted octanol–water partition coefficient (Wildman–Crippen LogP) is 1.03. The summed E-state index contributed by atoms with van der Waals surface area (Å²) in [6.45, 7) is 4.01. The Morgan fingerprint density at radius 2 is 2.05 bits per heavy atom. The van der Waals surface area contributed by atoms with Crippen molar-refractivity contribution in [3.05, 3.63) is 24.0 Å². The van der Waals surface area contributed by atoms with Gasteiger partial charge in [-0.05, 0) is 26.0 Å². The van der Waals surface area contributed by atoms with E-state index in [0.717, 1.165) is 16.3 Å². The summed E-state index contributed by atoms with van der Waals surface area (Å²) in [6, 6.07) is 3.66. The van der Waals surface area contributed by atoms with Gasteiger partial charge in [-0.1, -0.05) is 0 Å². The zero-order valence-corrected chi connectivity index (χ0v) is 11.4. The van der Waals surface area contributed by atoms with Crippen molar-refractivity contribution in [3.63, 3.8) is 0 Å². The van der Waals surface area contributed by atoms with Crippen LogP contribution in [0.2, 0.25) is 0 Å². The number of hydrogen-bond acceptors (Lipinski definition) is 4. The number of carbonyl (C=O) groups is 2. The predicted molar refractivity (Wildman–Crippen MR) is 72.0 cm³/mol. The maximum atomic E-state index is 11.5. The molecule has 1 fully saturated rings. The van der Waals surface area contributed by atoms with Crippen molar-refractivity contribution >= 4 is 17.7 Å². The molecule has 7 heteroatoms. The monoisotopic (exact) mass is 279 g/mol. The van der Waals surface area contributed by atoms with Crippen molar-refractivity contribution < 1.29 is 19.8 Å². The third kappa shape index (κ3) is 2.38. The molecular formula is C13H17N3O4. The Hall–Kier alpha value is -2.31. The molecule has 1 aliphatic heterocycles. The highest BCUT2D eigenvalue weighted by Gasteiger charge is 2.46. The minimum absolute atomic E-state index is 0.109. The minimum atomic E-state index is -1.46. The van der Waals surface area contributed by atoms with Gasteiger partial charge in [-0.25, -0.2) is 9.59 Å². The molecule has 1 aromatic heterocycles. The maximum Gasteiger partial charge on any atom is 0.408 e. The first-order valence-corrected chi connectivity index (χ1v) is 6.26. The van der Waals surface area contributed by atoms with E-state index in [4.69, 9.17) is 5.11 Å². The summed E-state index contributed by atoms with van der Waals surface area (Å²) in [4.78, 5) is 29.7. The van der Waals surface area contributed by atoms with E-state index < -0.39 is 17.6 Å². The molecular weight excluding hydrogens is 262 g/mol. The lowest BCUT2D eigenvalue weighted by Gasteiger charge is -2.45. The van der Waals surface area contributed by atoms with E-state index in [-0.39, 0.29) is 13.1 Å². The Labute approximate surface area is 116 Å². The number of anilines is 1. The number of nitrogens with zero attached hydrogens (tertiary/aromatic N) is 3. The van der Waals surface area contributed by atoms with Crippen LogP contribution in [0.5, 0.6) is 0 Å². The van der Waals surface area contributed by atoms with Gasteiger partial charge in [0.05, 0.1) is 6.54 Å². The fourth-order valence-corrected chi connectivity index (χ4v) is 2.44. The van der Waals surface area contributed by atoms with E-state index in [2.05, 4.69) is 4.98 Å². The van der Waals surface area contributed by atoms with Gasteiger partial charge in [0, 0.05) is 30.7 Å². The Balaban J connectivity index is 2.30. The lowest BCUT2D eigenvalue weighted by molar-refractivity contribution is -0.149. The first kappa shape index (κ1) is 14.1. The molecule has 0 saturated carbocycles. The molecule has 2 heterocycles. The highest BCUT2D eigenvalue weighted by molar-refractivity contribution is 5.85. The Morgan fingerprint density at radius 1 is 1.35 bits per heavy atom. The Morgan fingerprint density at radius 3 is 2.60 bits per heavy atom. The van der Waals surface area contributed by atoms with Crippen molar-refractivity contribution in [3.8, 4) is 0 Å². The third-order valence-electron chi connectivity index (χ3n) is 3.63. The van der Waals surface area contributed by atoms with Crippen LogP contribution in [-0.4, -0.2) is 57.3 Å². The van der Waals surface area contributed by atoms with Crippen molar-refractivity contribution in [2.45, 2.75) is 19.4 Å². The van der Waals surface area contributed by atoms with E-state index in [1.54, 1.807) is 12.3 Å². The van der Waals surface area contributed by atoms with Gasteiger partial charge in [0.2, 0.25) is 0 Å². The molecule has 0 radical (unpaired) electrons. The molecule has 2 N–H and O–H groups in total. The molecule has 0 aliphatic carbocycles. The smallest absolute Gasteiger partial charge is 0.408 e. The zero-order valence-electron chi connectivity index (χ0n) is 11.4. The van der Waals surface area contributed by atoms with Gasteiger partial charge < -0.3 is 15.1 Å². The topological polar surface area (TPSA) is 94.0 Å². The average molecular weight is 279 g/mol. The molecule has 1 atom stereocenters. The Bertz CT molecular complexity index is 548. The number of hydrogen-bond donors (Lipinski definition) is 2. The molecule has 1 aromatic rings. The fraction of sp³-hybridized carbons (Fsp3) is 0.462. The summed E-state index contributed by atoms with van der Waals surface area (Å²) < 4.78 is 0. The van der Waals surface area contributed by atoms with Gasteiger partial charge in [0.25, 0.3) is 0 Å². The first-order valence-electron chi connectivity index (χ1n) is 6.26. The van der Waals surface area contributed by atoms with E-state index >= 15 is 0 Å². The second-order valence-electron chi connectivity index (χ2n) is 5.09. The minimum Gasteiger partial charge on any atom is -0.479 e. The second-order valence-corrected chi connectivity index (χ2v) is 5.09. The largest absolute Gasteiger partial charge is 0.479 e. The van der Waals surface area contributed by atoms with Crippen LogP contribution < -0.4 is 4.90 Å². The highest BCUT2D eigenvalue weighted by Crippen LogP contribution is 2.26. The van der Waals surface area contributed by atoms with Gasteiger partial charge in [-0.3, -0.25) is 9.88 Å². The molecule has 0 bridgehead atoms. The molecule has 7 nitrogen and oxygen atoms in total. The maximum absolute atomic E-state index is 11.5. The Kier molecular flexibility index (Phi) is 3.52. The summed E-state index contributed by atoms with van der Waals surface area (Å²) in [7, 11) is 0. The number of carboxylic acid groups (broad SMARTS) is 2. The summed E-state index contributed by atoms with van der Waals surface area (Å²) in [6.07, 6.45) is 0.451. The number of piperazine rings is 1. The van der Waals surface area contributed by atoms with Crippen LogP contribution >= 0.6 is 0 Å². The van der Waals surface area contributed by atoms with Gasteiger partial charge >= 0.3 is 12.1 Å². The molecule has 0 aromatic carbocycles. The lowest BCUT2D eigenvalue weighted by Crippen LogP contribution is -2.66. The van der Waals surface area contributed by atoms with Crippen molar-refractivity contribution in [1.82, 2.24) is 9.88 Å². The molecule has 1 aliphatic rings. The number of aromatic nitrogens is 1. The highest BCUT2D eigenvalue weighted by atomic mass is 16.4. The van der Waals surface area contributed by atoms with Gasteiger partial charge in [0.1, 0.15) is 0 Å². The van der Waals surface area contributed by atoms with E-state index in [9.17, 15) is 14.7 Å². The van der Waals surface area contributed by atoms with E-state index in [1.807, 2.05) is 17.9 Å². The summed E-state index contributed by atoms with van der Waals surface area (Å²) in [5, 5.41) is 18.5. The van der Waals surface area contributed by atoms with Crippen LogP contribution in [0.1, 0.15) is 12.6 Å². The number of rotatable bonds is 2. The second kappa shape index (κ2) is 4.99. The van der Waals surface area contributed by atoms with Crippen LogP contribution in [0.25, 0.3) is 0 Å². The SMILES string of the molecule is Cc1cc(N2CCN(C(=O)O)C(C)(C(=O)O)C2)ccn1. The van der Waals surface area contributed by atoms with Gasteiger partial charge in [-0.2, -0.15) is 0 Å². The third-order valence-corrected chi connectivity index (χ3v) is 3.63. The van der Waals surface area contributed by atoms with E-state index in [0.29, 0.717) is 6.54 Å². The fourth-order valence-electron chi connectivity index (χ4n) is 2.44. The summed E-state index contributed by atoms with van der Waals surface area (Å²) in [5.74, 6) is -1.14. The van der Waals surface area contributed by atoms with Gasteiger partial charge in [-0.15, -0.1) is 0 Å². The molecule has 2 rings (SSSR count). The number of aliphatic carboxylic acids is 1. The lowest BCUT2D eigenvalue weighted by atomic mass is 9.96. The molecule has 0 spiro atoms. The van der Waals surface area contributed by atoms with Crippen LogP contribution in [0.4, 0.5) is 10.5 Å². The normalized spacial score (nSPS) is 22.7. The molecule has 20 heavy (non-hydrogen) atoms. The first-order chi connectivity index (χ1) is 9.34. The molecule has 1 unspecified atom stereocenters. The number of aryl methyl sites for hydroxylation is 1. The standard InChI is InChI=1S/C13H17N3O4/c1-9-7-10(3-4-14-9)15-5-6-16(12(19)20)13(2,8-15)11(17)18/h3-4,7H,5-6,8H2,1-2H3,(H,17,18)(H,19,20). The van der Waals surface area contributed by atoms with Crippen LogP contribution in [0, 0.1) is 6.92 Å².